The van der Waals surface area contributed by atoms with Crippen molar-refractivity contribution in [3.63, 3.8) is 0 Å². The summed E-state index contributed by atoms with van der Waals surface area (Å²) in [6.07, 6.45) is -0.380. The smallest absolute Gasteiger partial charge is 0.264 e. The number of hydrogen-bond acceptors (Lipinski definition) is 3. The lowest BCUT2D eigenvalue weighted by molar-refractivity contribution is -0.136. The lowest BCUT2D eigenvalue weighted by Crippen LogP contribution is -2.41. The van der Waals surface area contributed by atoms with E-state index in [4.69, 9.17) is 23.2 Å². The summed E-state index contributed by atoms with van der Waals surface area (Å²) >= 11 is 12.2. The molecule has 164 valence electrons. The normalized spacial score (nSPS) is 17.4. The van der Waals surface area contributed by atoms with Crippen LogP contribution in [0.1, 0.15) is 27.9 Å². The topological polar surface area (TPSA) is 57.6 Å². The van der Waals surface area contributed by atoms with Crippen molar-refractivity contribution in [1.82, 2.24) is 0 Å². The van der Waals surface area contributed by atoms with Gasteiger partial charge >= 0.3 is 0 Å². The molecule has 0 saturated heterocycles. The minimum atomic E-state index is -2.00. The molecule has 1 amide bonds. The van der Waals surface area contributed by atoms with Crippen LogP contribution in [0.25, 0.3) is 10.8 Å². The van der Waals surface area contributed by atoms with E-state index in [2.05, 4.69) is 0 Å². The van der Waals surface area contributed by atoms with Crippen molar-refractivity contribution >= 4 is 51.4 Å². The molecule has 1 aliphatic rings. The van der Waals surface area contributed by atoms with Crippen molar-refractivity contribution in [2.45, 2.75) is 18.6 Å². The number of ketones is 1. The molecule has 33 heavy (non-hydrogen) atoms. The molecule has 0 bridgehead atoms. The Morgan fingerprint density at radius 3 is 2.30 bits per heavy atom. The Labute approximate surface area is 201 Å². The first-order valence-corrected chi connectivity index (χ1v) is 11.2. The molecule has 4 nitrogen and oxygen atoms in total. The van der Waals surface area contributed by atoms with Crippen LogP contribution in [0.3, 0.4) is 0 Å². The summed E-state index contributed by atoms with van der Waals surface area (Å²) in [5.41, 5.74) is 0.153. The summed E-state index contributed by atoms with van der Waals surface area (Å²) in [5.74, 6) is -0.875. The summed E-state index contributed by atoms with van der Waals surface area (Å²) in [5, 5.41) is 14.5. The van der Waals surface area contributed by atoms with Crippen LogP contribution in [-0.4, -0.2) is 16.8 Å². The van der Waals surface area contributed by atoms with E-state index < -0.39 is 11.5 Å². The summed E-state index contributed by atoms with van der Waals surface area (Å²) in [6, 6.07) is 25.1. The SMILES string of the molecule is O=C(CC1(O)C(=O)N(Cc2ccc(Cl)cc2)c2ccc(Cl)cc21)c1ccc2ccccc2c1. The first-order chi connectivity index (χ1) is 15.8. The van der Waals surface area contributed by atoms with Gasteiger partial charge in [0.1, 0.15) is 0 Å². The zero-order valence-corrected chi connectivity index (χ0v) is 19.0. The van der Waals surface area contributed by atoms with Crippen LogP contribution in [-0.2, 0) is 16.9 Å². The molecule has 1 aliphatic heterocycles. The van der Waals surface area contributed by atoms with Gasteiger partial charge < -0.3 is 10.0 Å². The lowest BCUT2D eigenvalue weighted by atomic mass is 9.87. The third-order valence-corrected chi connectivity index (χ3v) is 6.52. The number of hydrogen-bond donors (Lipinski definition) is 1. The average Bonchev–Trinajstić information content (AvgIpc) is 3.01. The minimum Gasteiger partial charge on any atom is -0.375 e. The molecule has 1 N–H and O–H groups in total. The van der Waals surface area contributed by atoms with Gasteiger partial charge in [0.15, 0.2) is 11.4 Å². The maximum atomic E-state index is 13.5. The molecule has 4 aromatic rings. The number of Topliss-reactive ketones (excluding diaryl/α,β-unsaturated/α-hetero) is 1. The van der Waals surface area contributed by atoms with E-state index in [-0.39, 0.29) is 18.7 Å². The first-order valence-electron chi connectivity index (χ1n) is 10.5. The highest BCUT2D eigenvalue weighted by atomic mass is 35.5. The predicted octanol–water partition coefficient (Wildman–Crippen LogP) is 6.15. The standard InChI is InChI=1S/C27H19Cl2NO3/c28-21-9-5-17(6-10-21)16-30-24-12-11-22(29)14-23(24)27(33,26(30)32)15-25(31)20-8-7-18-3-1-2-4-19(18)13-20/h1-14,33H,15-16H2. The van der Waals surface area contributed by atoms with Crippen LogP contribution in [0, 0.1) is 0 Å². The zero-order valence-electron chi connectivity index (χ0n) is 17.5. The van der Waals surface area contributed by atoms with Crippen LogP contribution >= 0.6 is 23.2 Å². The summed E-state index contributed by atoms with van der Waals surface area (Å²) in [7, 11) is 0. The van der Waals surface area contributed by atoms with E-state index in [1.807, 2.05) is 42.5 Å². The third-order valence-electron chi connectivity index (χ3n) is 6.04. The van der Waals surface area contributed by atoms with Gasteiger partial charge in [-0.3, -0.25) is 9.59 Å². The van der Waals surface area contributed by atoms with Crippen LogP contribution in [0.5, 0.6) is 0 Å². The maximum Gasteiger partial charge on any atom is 0.264 e. The van der Waals surface area contributed by atoms with Crippen molar-refractivity contribution < 1.29 is 14.7 Å². The van der Waals surface area contributed by atoms with E-state index >= 15 is 0 Å². The van der Waals surface area contributed by atoms with Gasteiger partial charge in [-0.1, -0.05) is 71.7 Å². The van der Waals surface area contributed by atoms with Gasteiger partial charge in [0.2, 0.25) is 0 Å². The molecular weight excluding hydrogens is 457 g/mol. The molecule has 6 heteroatoms. The van der Waals surface area contributed by atoms with Gasteiger partial charge in [-0.05, 0) is 52.7 Å². The molecule has 0 spiro atoms. The van der Waals surface area contributed by atoms with Gasteiger partial charge in [-0.15, -0.1) is 0 Å². The van der Waals surface area contributed by atoms with E-state index in [9.17, 15) is 14.7 Å². The number of amides is 1. The number of carbonyl (C=O) groups is 2. The monoisotopic (exact) mass is 475 g/mol. The molecule has 0 aliphatic carbocycles. The summed E-state index contributed by atoms with van der Waals surface area (Å²) in [6.45, 7) is 0.233. The van der Waals surface area contributed by atoms with Gasteiger partial charge in [0, 0.05) is 21.2 Å². The predicted molar refractivity (Wildman–Crippen MR) is 131 cm³/mol. The van der Waals surface area contributed by atoms with Crippen LogP contribution in [0.4, 0.5) is 5.69 Å². The maximum absolute atomic E-state index is 13.5. The zero-order chi connectivity index (χ0) is 23.2. The summed E-state index contributed by atoms with van der Waals surface area (Å²) in [4.78, 5) is 28.2. The van der Waals surface area contributed by atoms with E-state index in [1.165, 1.54) is 4.90 Å². The Morgan fingerprint density at radius 2 is 1.55 bits per heavy atom. The number of rotatable bonds is 5. The second-order valence-corrected chi connectivity index (χ2v) is 9.07. The fraction of sp³-hybridized carbons (Fsp3) is 0.111. The fourth-order valence-corrected chi connectivity index (χ4v) is 4.62. The van der Waals surface area contributed by atoms with Crippen LogP contribution in [0.2, 0.25) is 10.0 Å². The largest absolute Gasteiger partial charge is 0.375 e. The second kappa shape index (κ2) is 8.31. The Morgan fingerprint density at radius 1 is 0.848 bits per heavy atom. The van der Waals surface area contributed by atoms with E-state index in [0.29, 0.717) is 26.9 Å². The first kappa shape index (κ1) is 21.7. The fourth-order valence-electron chi connectivity index (χ4n) is 4.32. The Kier molecular flexibility index (Phi) is 5.45. The lowest BCUT2D eigenvalue weighted by Gasteiger charge is -2.23. The number of benzene rings is 4. The van der Waals surface area contributed by atoms with Crippen LogP contribution < -0.4 is 4.90 Å². The molecule has 1 heterocycles. The molecule has 5 rings (SSSR count). The molecule has 4 aromatic carbocycles. The molecule has 0 fully saturated rings. The number of carbonyl (C=O) groups excluding carboxylic acids is 2. The van der Waals surface area contributed by atoms with Gasteiger partial charge in [-0.25, -0.2) is 0 Å². The molecule has 1 unspecified atom stereocenters. The van der Waals surface area contributed by atoms with Crippen molar-refractivity contribution in [3.05, 3.63) is 112 Å². The number of anilines is 1. The Balaban J connectivity index is 1.50. The van der Waals surface area contributed by atoms with Crippen molar-refractivity contribution in [2.24, 2.45) is 0 Å². The molecule has 0 radical (unpaired) electrons. The van der Waals surface area contributed by atoms with Gasteiger partial charge in [0.25, 0.3) is 5.91 Å². The summed E-state index contributed by atoms with van der Waals surface area (Å²) < 4.78 is 0. The van der Waals surface area contributed by atoms with Crippen molar-refractivity contribution in [1.29, 1.82) is 0 Å². The van der Waals surface area contributed by atoms with Crippen molar-refractivity contribution in [3.8, 4) is 0 Å². The Hall–Kier alpha value is -3.18. The van der Waals surface area contributed by atoms with Gasteiger partial charge in [-0.2, -0.15) is 0 Å². The average molecular weight is 476 g/mol. The van der Waals surface area contributed by atoms with Gasteiger partial charge in [0.05, 0.1) is 18.7 Å². The van der Waals surface area contributed by atoms with Crippen LogP contribution in [0.15, 0.2) is 84.9 Å². The number of aliphatic hydroxyl groups is 1. The minimum absolute atomic E-state index is 0.233. The van der Waals surface area contributed by atoms with E-state index in [0.717, 1.165) is 16.3 Å². The highest BCUT2D eigenvalue weighted by Gasteiger charge is 2.51. The molecule has 0 saturated carbocycles. The molecule has 1 atom stereocenters. The highest BCUT2D eigenvalue weighted by molar-refractivity contribution is 6.31. The third kappa shape index (κ3) is 3.91. The quantitative estimate of drug-likeness (QED) is 0.352. The molecule has 0 aromatic heterocycles. The Bertz CT molecular complexity index is 1400. The van der Waals surface area contributed by atoms with Crippen molar-refractivity contribution in [2.75, 3.05) is 4.90 Å². The number of nitrogens with zero attached hydrogens (tertiary/aromatic N) is 1. The highest BCUT2D eigenvalue weighted by Crippen LogP contribution is 2.45. The number of halogens is 2. The molecular formula is C27H19Cl2NO3. The number of fused-ring (bicyclic) bond motifs is 2. The second-order valence-electron chi connectivity index (χ2n) is 8.20. The van der Waals surface area contributed by atoms with E-state index in [1.54, 1.807) is 42.5 Å².